The van der Waals surface area contributed by atoms with Crippen LogP contribution in [0.5, 0.6) is 0 Å². The number of nitrogens with one attached hydrogen (secondary N) is 1. The van der Waals surface area contributed by atoms with Crippen molar-refractivity contribution in [3.05, 3.63) is 28.8 Å². The molecular weight excluding hydrogens is 302 g/mol. The third-order valence-electron chi connectivity index (χ3n) is 3.15. The molecule has 1 saturated carbocycles. The molecule has 0 aromatic heterocycles. The molecule has 4 nitrogen and oxygen atoms in total. The van der Waals surface area contributed by atoms with Gasteiger partial charge in [-0.15, -0.1) is 0 Å². The van der Waals surface area contributed by atoms with E-state index in [2.05, 4.69) is 5.32 Å². The lowest BCUT2D eigenvalue weighted by Gasteiger charge is -2.20. The largest absolute Gasteiger partial charge is 0.444 e. The first-order chi connectivity index (χ1) is 9.45. The maximum absolute atomic E-state index is 13.3. The number of hydrogen-bond donors (Lipinski definition) is 2. The Hall–Kier alpha value is -1.40. The Bertz CT molecular complexity index is 587. The van der Waals surface area contributed by atoms with Gasteiger partial charge in [0.2, 0.25) is 0 Å². The zero-order chi connectivity index (χ0) is 16.1. The number of benzene rings is 1. The normalized spacial score (nSPS) is 23.6. The summed E-state index contributed by atoms with van der Waals surface area (Å²) in [5.74, 6) is -2.94. The summed E-state index contributed by atoms with van der Waals surface area (Å²) in [6, 6.07) is 4.21. The van der Waals surface area contributed by atoms with Gasteiger partial charge in [-0.2, -0.15) is 0 Å². The maximum Gasteiger partial charge on any atom is 0.412 e. The number of anilines is 1. The highest BCUT2D eigenvalue weighted by Crippen LogP contribution is 2.57. The fourth-order valence-electron chi connectivity index (χ4n) is 1.93. The summed E-state index contributed by atoms with van der Waals surface area (Å²) >= 11 is 5.95. The van der Waals surface area contributed by atoms with Gasteiger partial charge in [-0.05, 0) is 38.5 Å². The highest BCUT2D eigenvalue weighted by molar-refractivity contribution is 6.33. The second kappa shape index (κ2) is 4.81. The van der Waals surface area contributed by atoms with Crippen molar-refractivity contribution >= 4 is 23.4 Å². The van der Waals surface area contributed by atoms with E-state index in [9.17, 15) is 13.6 Å². The molecule has 3 N–H and O–H groups in total. The van der Waals surface area contributed by atoms with Crippen molar-refractivity contribution in [2.24, 2.45) is 5.73 Å². The summed E-state index contributed by atoms with van der Waals surface area (Å²) < 4.78 is 31.7. The lowest BCUT2D eigenvalue weighted by atomic mass is 10.0. The molecule has 0 spiro atoms. The van der Waals surface area contributed by atoms with Gasteiger partial charge in [0.25, 0.3) is 5.92 Å². The molecule has 1 amide bonds. The molecule has 2 rings (SSSR count). The SMILES string of the molecule is CC(C)(C)OC(=O)Nc1cc(C2(N)CC2(F)F)ccc1Cl. The highest BCUT2D eigenvalue weighted by atomic mass is 35.5. The predicted octanol–water partition coefficient (Wildman–Crippen LogP) is 3.88. The van der Waals surface area contributed by atoms with Crippen LogP contribution < -0.4 is 11.1 Å². The number of amides is 1. The average Bonchev–Trinajstić information content (AvgIpc) is 2.79. The van der Waals surface area contributed by atoms with Crippen molar-refractivity contribution < 1.29 is 18.3 Å². The number of rotatable bonds is 2. The van der Waals surface area contributed by atoms with Crippen molar-refractivity contribution in [2.75, 3.05) is 5.32 Å². The molecule has 0 bridgehead atoms. The van der Waals surface area contributed by atoms with Crippen LogP contribution in [0.2, 0.25) is 5.02 Å². The summed E-state index contributed by atoms with van der Waals surface area (Å²) in [6.45, 7) is 5.14. The minimum absolute atomic E-state index is 0.191. The molecule has 1 unspecified atom stereocenters. The van der Waals surface area contributed by atoms with Crippen molar-refractivity contribution in [1.82, 2.24) is 0 Å². The lowest BCUT2D eigenvalue weighted by molar-refractivity contribution is 0.0636. The van der Waals surface area contributed by atoms with Gasteiger partial charge in [-0.25, -0.2) is 13.6 Å². The lowest BCUT2D eigenvalue weighted by Crippen LogP contribution is -2.28. The van der Waals surface area contributed by atoms with Crippen molar-refractivity contribution in [2.45, 2.75) is 44.3 Å². The van der Waals surface area contributed by atoms with Crippen molar-refractivity contribution in [3.8, 4) is 0 Å². The summed E-state index contributed by atoms with van der Waals surface area (Å²) in [5, 5.41) is 2.66. The van der Waals surface area contributed by atoms with Crippen LogP contribution in [0.4, 0.5) is 19.3 Å². The van der Waals surface area contributed by atoms with Crippen molar-refractivity contribution in [3.63, 3.8) is 0 Å². The Balaban J connectivity index is 2.20. The van der Waals surface area contributed by atoms with Crippen molar-refractivity contribution in [1.29, 1.82) is 0 Å². The van der Waals surface area contributed by atoms with Crippen LogP contribution in [0.15, 0.2) is 18.2 Å². The molecule has 1 aromatic rings. The third kappa shape index (κ3) is 3.27. The molecular formula is C14H17ClF2N2O2. The molecule has 1 aromatic carbocycles. The molecule has 1 fully saturated rings. The topological polar surface area (TPSA) is 64.3 Å². The Morgan fingerprint density at radius 2 is 2.00 bits per heavy atom. The Kier molecular flexibility index (Phi) is 3.66. The van der Waals surface area contributed by atoms with E-state index in [-0.39, 0.29) is 16.3 Å². The fourth-order valence-corrected chi connectivity index (χ4v) is 2.10. The van der Waals surface area contributed by atoms with Gasteiger partial charge in [0, 0.05) is 6.42 Å². The van der Waals surface area contributed by atoms with E-state index in [1.165, 1.54) is 18.2 Å². The summed E-state index contributed by atoms with van der Waals surface area (Å²) in [5.41, 5.74) is 3.71. The molecule has 116 valence electrons. The maximum atomic E-state index is 13.3. The Morgan fingerprint density at radius 1 is 1.43 bits per heavy atom. The molecule has 1 aliphatic rings. The van der Waals surface area contributed by atoms with Gasteiger partial charge in [-0.1, -0.05) is 17.7 Å². The van der Waals surface area contributed by atoms with E-state index < -0.39 is 29.6 Å². The second-order valence-corrected chi connectivity index (χ2v) is 6.58. The Morgan fingerprint density at radius 3 is 2.48 bits per heavy atom. The molecule has 1 aliphatic carbocycles. The van der Waals surface area contributed by atoms with Crippen LogP contribution in [0.25, 0.3) is 0 Å². The van der Waals surface area contributed by atoms with E-state index in [4.69, 9.17) is 22.1 Å². The quantitative estimate of drug-likeness (QED) is 0.869. The average molecular weight is 319 g/mol. The van der Waals surface area contributed by atoms with E-state index in [0.717, 1.165) is 0 Å². The van der Waals surface area contributed by atoms with Crippen LogP contribution in [-0.4, -0.2) is 17.6 Å². The summed E-state index contributed by atoms with van der Waals surface area (Å²) in [6.07, 6.45) is -1.14. The molecule has 21 heavy (non-hydrogen) atoms. The number of carbonyl (C=O) groups excluding carboxylic acids is 1. The standard InChI is InChI=1S/C14H17ClF2N2O2/c1-12(2,3)21-11(20)19-10-6-8(4-5-9(10)15)13(18)7-14(13,16)17/h4-6H,7,18H2,1-3H3,(H,19,20). The van der Waals surface area contributed by atoms with Gasteiger partial charge in [0.05, 0.1) is 10.7 Å². The minimum atomic E-state index is -2.94. The summed E-state index contributed by atoms with van der Waals surface area (Å²) in [7, 11) is 0. The van der Waals surface area contributed by atoms with E-state index in [1.807, 2.05) is 0 Å². The molecule has 0 aliphatic heterocycles. The van der Waals surface area contributed by atoms with Crippen LogP contribution in [0, 0.1) is 0 Å². The number of carbonyl (C=O) groups is 1. The molecule has 0 radical (unpaired) electrons. The Labute approximate surface area is 126 Å². The van der Waals surface area contributed by atoms with Gasteiger partial charge >= 0.3 is 6.09 Å². The van der Waals surface area contributed by atoms with E-state index in [0.29, 0.717) is 0 Å². The van der Waals surface area contributed by atoms with Crippen LogP contribution >= 0.6 is 11.6 Å². The molecule has 0 heterocycles. The fraction of sp³-hybridized carbons (Fsp3) is 0.500. The highest BCUT2D eigenvalue weighted by Gasteiger charge is 2.69. The number of ether oxygens (including phenoxy) is 1. The molecule has 1 atom stereocenters. The molecule has 0 saturated heterocycles. The smallest absolute Gasteiger partial charge is 0.412 e. The van der Waals surface area contributed by atoms with Gasteiger partial charge in [0.15, 0.2) is 0 Å². The van der Waals surface area contributed by atoms with Gasteiger partial charge < -0.3 is 10.5 Å². The number of halogens is 3. The van der Waals surface area contributed by atoms with Gasteiger partial charge in [0.1, 0.15) is 11.1 Å². The second-order valence-electron chi connectivity index (χ2n) is 6.17. The zero-order valence-corrected chi connectivity index (χ0v) is 12.7. The summed E-state index contributed by atoms with van der Waals surface area (Å²) in [4.78, 5) is 11.7. The van der Waals surface area contributed by atoms with Gasteiger partial charge in [-0.3, -0.25) is 5.32 Å². The number of alkyl halides is 2. The number of nitrogens with two attached hydrogens (primary N) is 1. The number of hydrogen-bond acceptors (Lipinski definition) is 3. The molecule has 7 heteroatoms. The first-order valence-electron chi connectivity index (χ1n) is 6.41. The van der Waals surface area contributed by atoms with Crippen LogP contribution in [0.1, 0.15) is 32.8 Å². The van der Waals surface area contributed by atoms with E-state index in [1.54, 1.807) is 20.8 Å². The van der Waals surface area contributed by atoms with Crippen LogP contribution in [0.3, 0.4) is 0 Å². The third-order valence-corrected chi connectivity index (χ3v) is 3.48. The monoisotopic (exact) mass is 318 g/mol. The van der Waals surface area contributed by atoms with E-state index >= 15 is 0 Å². The zero-order valence-electron chi connectivity index (χ0n) is 12.0. The minimum Gasteiger partial charge on any atom is -0.444 e. The first kappa shape index (κ1) is 16.0. The predicted molar refractivity (Wildman–Crippen MR) is 76.7 cm³/mol. The first-order valence-corrected chi connectivity index (χ1v) is 6.79. The van der Waals surface area contributed by atoms with Crippen LogP contribution in [-0.2, 0) is 10.3 Å².